The van der Waals surface area contributed by atoms with Gasteiger partial charge in [-0.3, -0.25) is 4.79 Å². The van der Waals surface area contributed by atoms with E-state index in [0.717, 1.165) is 0 Å². The van der Waals surface area contributed by atoms with Crippen molar-refractivity contribution in [2.75, 3.05) is 18.5 Å². The summed E-state index contributed by atoms with van der Waals surface area (Å²) in [6, 6.07) is 4.69. The van der Waals surface area contributed by atoms with Crippen molar-refractivity contribution in [2.45, 2.75) is 6.92 Å². The van der Waals surface area contributed by atoms with Crippen molar-refractivity contribution in [3.05, 3.63) is 28.2 Å². The molecule has 0 heterocycles. The van der Waals surface area contributed by atoms with Gasteiger partial charge in [0, 0.05) is 5.02 Å². The lowest BCUT2D eigenvalue weighted by molar-refractivity contribution is -0.115. The van der Waals surface area contributed by atoms with E-state index in [1.165, 1.54) is 6.07 Å². The Labute approximate surface area is 114 Å². The highest BCUT2D eigenvalue weighted by atomic mass is 35.5. The lowest BCUT2D eigenvalue weighted by Crippen LogP contribution is -2.33. The van der Waals surface area contributed by atoms with Gasteiger partial charge in [-0.1, -0.05) is 23.2 Å². The van der Waals surface area contributed by atoms with Crippen LogP contribution in [0.15, 0.2) is 18.2 Å². The normalized spacial score (nSPS) is 9.72. The van der Waals surface area contributed by atoms with Crippen molar-refractivity contribution in [1.29, 1.82) is 0 Å². The Hall–Kier alpha value is -1.46. The molecule has 1 rings (SSSR count). The van der Waals surface area contributed by atoms with Gasteiger partial charge in [-0.2, -0.15) is 0 Å². The zero-order valence-electron chi connectivity index (χ0n) is 9.63. The van der Waals surface area contributed by atoms with E-state index in [2.05, 4.69) is 15.4 Å². The molecule has 0 radical (unpaired) electrons. The summed E-state index contributed by atoms with van der Waals surface area (Å²) in [7, 11) is 0. The predicted molar refractivity (Wildman–Crippen MR) is 70.1 cm³/mol. The Morgan fingerprint density at radius 2 is 2.06 bits per heavy atom. The van der Waals surface area contributed by atoms with Crippen LogP contribution in [0.25, 0.3) is 0 Å². The molecule has 0 aliphatic carbocycles. The number of alkyl carbamates (subject to hydrolysis) is 1. The Morgan fingerprint density at radius 3 is 2.67 bits per heavy atom. The number of carbonyl (C=O) groups is 2. The Morgan fingerprint density at radius 1 is 1.33 bits per heavy atom. The van der Waals surface area contributed by atoms with Gasteiger partial charge < -0.3 is 15.4 Å². The number of amides is 2. The van der Waals surface area contributed by atoms with E-state index in [-0.39, 0.29) is 13.2 Å². The molecule has 18 heavy (non-hydrogen) atoms. The first-order valence-corrected chi connectivity index (χ1v) is 5.94. The summed E-state index contributed by atoms with van der Waals surface area (Å²) in [4.78, 5) is 22.4. The fourth-order valence-electron chi connectivity index (χ4n) is 1.12. The molecule has 98 valence electrons. The molecule has 2 amide bonds. The number of rotatable bonds is 4. The monoisotopic (exact) mass is 290 g/mol. The zero-order valence-corrected chi connectivity index (χ0v) is 11.1. The van der Waals surface area contributed by atoms with Crippen molar-refractivity contribution < 1.29 is 14.3 Å². The number of benzene rings is 1. The lowest BCUT2D eigenvalue weighted by atomic mass is 10.3. The summed E-state index contributed by atoms with van der Waals surface area (Å²) in [5.74, 6) is -0.410. The van der Waals surface area contributed by atoms with Crippen molar-refractivity contribution in [3.8, 4) is 0 Å². The van der Waals surface area contributed by atoms with Gasteiger partial charge in [0.2, 0.25) is 5.91 Å². The van der Waals surface area contributed by atoms with Crippen LogP contribution in [-0.4, -0.2) is 25.2 Å². The maximum Gasteiger partial charge on any atom is 0.407 e. The Bertz CT molecular complexity index is 452. The van der Waals surface area contributed by atoms with Gasteiger partial charge in [0.25, 0.3) is 0 Å². The van der Waals surface area contributed by atoms with Gasteiger partial charge in [-0.25, -0.2) is 4.79 Å². The molecule has 1 aromatic rings. The van der Waals surface area contributed by atoms with Crippen molar-refractivity contribution in [1.82, 2.24) is 5.32 Å². The second kappa shape index (κ2) is 7.08. The van der Waals surface area contributed by atoms with E-state index in [1.54, 1.807) is 19.1 Å². The van der Waals surface area contributed by atoms with E-state index in [4.69, 9.17) is 23.2 Å². The third-order valence-corrected chi connectivity index (χ3v) is 2.42. The van der Waals surface area contributed by atoms with E-state index in [1.807, 2.05) is 0 Å². The molecule has 0 saturated heterocycles. The SMILES string of the molecule is CCOC(=O)NCC(=O)Nc1ccc(Cl)cc1Cl. The lowest BCUT2D eigenvalue weighted by Gasteiger charge is -2.08. The summed E-state index contributed by atoms with van der Waals surface area (Å²) >= 11 is 11.6. The van der Waals surface area contributed by atoms with E-state index in [9.17, 15) is 9.59 Å². The van der Waals surface area contributed by atoms with E-state index < -0.39 is 12.0 Å². The quantitative estimate of drug-likeness (QED) is 0.896. The molecule has 1 aromatic carbocycles. The highest BCUT2D eigenvalue weighted by molar-refractivity contribution is 6.36. The minimum Gasteiger partial charge on any atom is -0.450 e. The van der Waals surface area contributed by atoms with Crippen LogP contribution in [0.5, 0.6) is 0 Å². The zero-order chi connectivity index (χ0) is 13.5. The Balaban J connectivity index is 2.47. The maximum absolute atomic E-state index is 11.5. The molecule has 0 bridgehead atoms. The first kappa shape index (κ1) is 14.6. The summed E-state index contributed by atoms with van der Waals surface area (Å²) in [6.45, 7) is 1.72. The van der Waals surface area contributed by atoms with E-state index >= 15 is 0 Å². The van der Waals surface area contributed by atoms with E-state index in [0.29, 0.717) is 15.7 Å². The first-order chi connectivity index (χ1) is 8.52. The van der Waals surface area contributed by atoms with Crippen LogP contribution >= 0.6 is 23.2 Å². The third kappa shape index (κ3) is 4.81. The van der Waals surface area contributed by atoms with Crippen LogP contribution in [0.2, 0.25) is 10.0 Å². The molecule has 0 aliphatic rings. The average Bonchev–Trinajstić information content (AvgIpc) is 2.31. The average molecular weight is 291 g/mol. The van der Waals surface area contributed by atoms with Crippen LogP contribution < -0.4 is 10.6 Å². The maximum atomic E-state index is 11.5. The fourth-order valence-corrected chi connectivity index (χ4v) is 1.58. The molecular weight excluding hydrogens is 279 g/mol. The molecule has 0 aromatic heterocycles. The van der Waals surface area contributed by atoms with Crippen LogP contribution in [-0.2, 0) is 9.53 Å². The standard InChI is InChI=1S/C11H12Cl2N2O3/c1-2-18-11(17)14-6-10(16)15-9-4-3-7(12)5-8(9)13/h3-5H,2,6H2,1H3,(H,14,17)(H,15,16). The topological polar surface area (TPSA) is 67.4 Å². The molecule has 2 N–H and O–H groups in total. The number of carbonyl (C=O) groups excluding carboxylic acids is 2. The summed E-state index contributed by atoms with van der Waals surface area (Å²) in [5, 5.41) is 5.63. The smallest absolute Gasteiger partial charge is 0.407 e. The second-order valence-electron chi connectivity index (χ2n) is 3.25. The molecule has 0 saturated carbocycles. The van der Waals surface area contributed by atoms with Gasteiger partial charge in [0.1, 0.15) is 6.54 Å². The minimum absolute atomic E-state index is 0.197. The number of ether oxygens (including phenoxy) is 1. The molecule has 5 nitrogen and oxygen atoms in total. The molecule has 0 atom stereocenters. The summed E-state index contributed by atoms with van der Waals surface area (Å²) in [5.41, 5.74) is 0.428. The Kier molecular flexibility index (Phi) is 5.74. The number of anilines is 1. The van der Waals surface area contributed by atoms with Gasteiger partial charge in [0.05, 0.1) is 17.3 Å². The van der Waals surface area contributed by atoms with Crippen LogP contribution in [0.3, 0.4) is 0 Å². The second-order valence-corrected chi connectivity index (χ2v) is 4.09. The number of hydrogen-bond donors (Lipinski definition) is 2. The molecule has 0 fully saturated rings. The summed E-state index contributed by atoms with van der Waals surface area (Å²) in [6.07, 6.45) is -0.644. The molecule has 0 unspecified atom stereocenters. The van der Waals surface area contributed by atoms with Crippen molar-refractivity contribution >= 4 is 40.9 Å². The van der Waals surface area contributed by atoms with Gasteiger partial charge in [-0.15, -0.1) is 0 Å². The predicted octanol–water partition coefficient (Wildman–Crippen LogP) is 2.68. The molecule has 0 aliphatic heterocycles. The highest BCUT2D eigenvalue weighted by Gasteiger charge is 2.08. The van der Waals surface area contributed by atoms with Crippen molar-refractivity contribution in [3.63, 3.8) is 0 Å². The van der Waals surface area contributed by atoms with Crippen LogP contribution in [0.4, 0.5) is 10.5 Å². The largest absolute Gasteiger partial charge is 0.450 e. The fraction of sp³-hybridized carbons (Fsp3) is 0.273. The summed E-state index contributed by atoms with van der Waals surface area (Å²) < 4.78 is 4.61. The molecule has 7 heteroatoms. The molecular formula is C11H12Cl2N2O3. The third-order valence-electron chi connectivity index (χ3n) is 1.87. The van der Waals surface area contributed by atoms with Gasteiger partial charge >= 0.3 is 6.09 Å². The van der Waals surface area contributed by atoms with Crippen LogP contribution in [0.1, 0.15) is 6.92 Å². The van der Waals surface area contributed by atoms with Crippen molar-refractivity contribution in [2.24, 2.45) is 0 Å². The number of hydrogen-bond acceptors (Lipinski definition) is 3. The van der Waals surface area contributed by atoms with Gasteiger partial charge in [0.15, 0.2) is 0 Å². The van der Waals surface area contributed by atoms with Gasteiger partial charge in [-0.05, 0) is 25.1 Å². The molecule has 0 spiro atoms. The number of halogens is 2. The first-order valence-electron chi connectivity index (χ1n) is 5.18. The minimum atomic E-state index is -0.644. The highest BCUT2D eigenvalue weighted by Crippen LogP contribution is 2.25. The number of nitrogens with one attached hydrogen (secondary N) is 2. The van der Waals surface area contributed by atoms with Crippen LogP contribution in [0, 0.1) is 0 Å².